The van der Waals surface area contributed by atoms with Crippen LogP contribution in [0.1, 0.15) is 53.9 Å². The van der Waals surface area contributed by atoms with Gasteiger partial charge in [-0.2, -0.15) is 4.99 Å². The first kappa shape index (κ1) is 24.3. The van der Waals surface area contributed by atoms with Gasteiger partial charge in [0, 0.05) is 20.1 Å². The van der Waals surface area contributed by atoms with E-state index in [0.717, 1.165) is 16.6 Å². The predicted molar refractivity (Wildman–Crippen MR) is 129 cm³/mol. The van der Waals surface area contributed by atoms with Crippen molar-refractivity contribution in [3.8, 4) is 0 Å². The topological polar surface area (TPSA) is 85.6 Å². The van der Waals surface area contributed by atoms with Gasteiger partial charge in [-0.05, 0) is 43.0 Å². The van der Waals surface area contributed by atoms with Gasteiger partial charge in [0.25, 0.3) is 5.91 Å². The lowest BCUT2D eigenvalue weighted by molar-refractivity contribution is -0.107. The summed E-state index contributed by atoms with van der Waals surface area (Å²) in [6, 6.07) is 14.4. The molecule has 0 saturated heterocycles. The molecular formula is C26H32N4O3. The van der Waals surface area contributed by atoms with Gasteiger partial charge in [-0.3, -0.25) is 9.59 Å². The van der Waals surface area contributed by atoms with Gasteiger partial charge >= 0.3 is 0 Å². The number of aryl methyl sites for hydroxylation is 1. The number of nitrogens with zero attached hydrogens (tertiary/aromatic N) is 3. The van der Waals surface area contributed by atoms with Crippen LogP contribution in [-0.2, 0) is 22.5 Å². The van der Waals surface area contributed by atoms with Gasteiger partial charge in [0.1, 0.15) is 0 Å². The quantitative estimate of drug-likeness (QED) is 0.508. The summed E-state index contributed by atoms with van der Waals surface area (Å²) < 4.78 is 7.95. The summed E-state index contributed by atoms with van der Waals surface area (Å²) in [4.78, 5) is 32.7. The fourth-order valence-electron chi connectivity index (χ4n) is 3.87. The number of benzene rings is 2. The first-order valence-electron chi connectivity index (χ1n) is 11.3. The first-order valence-corrected chi connectivity index (χ1v) is 11.3. The Hall–Kier alpha value is -3.32. The summed E-state index contributed by atoms with van der Waals surface area (Å²) in [5, 5.41) is 2.61. The maximum absolute atomic E-state index is 12.7. The molecule has 1 aromatic heterocycles. The average molecular weight is 449 g/mol. The number of ether oxygens (including phenoxy) is 1. The van der Waals surface area contributed by atoms with Crippen molar-refractivity contribution in [2.45, 2.75) is 52.7 Å². The van der Waals surface area contributed by atoms with Crippen molar-refractivity contribution in [3.63, 3.8) is 0 Å². The van der Waals surface area contributed by atoms with Crippen molar-refractivity contribution < 1.29 is 14.3 Å². The Balaban J connectivity index is 2.19. The van der Waals surface area contributed by atoms with E-state index >= 15 is 0 Å². The van der Waals surface area contributed by atoms with Crippen molar-refractivity contribution >= 4 is 23.4 Å². The molecule has 0 bridgehead atoms. The molecule has 0 saturated carbocycles. The number of carbonyl (C=O) groups excluding carboxylic acids is 2. The van der Waals surface area contributed by atoms with Gasteiger partial charge in [0.05, 0.1) is 23.7 Å². The van der Waals surface area contributed by atoms with Crippen LogP contribution in [0.25, 0.3) is 11.0 Å². The predicted octanol–water partition coefficient (Wildman–Crippen LogP) is 3.53. The van der Waals surface area contributed by atoms with E-state index in [1.165, 1.54) is 12.6 Å². The minimum Gasteiger partial charge on any atom is -0.376 e. The molecular weight excluding hydrogens is 416 g/mol. The Morgan fingerprint density at radius 3 is 2.55 bits per heavy atom. The van der Waals surface area contributed by atoms with Crippen LogP contribution in [0.2, 0.25) is 0 Å². The van der Waals surface area contributed by atoms with Gasteiger partial charge in [-0.25, -0.2) is 4.98 Å². The number of carbonyl (C=O) groups is 2. The highest BCUT2D eigenvalue weighted by atomic mass is 16.5. The Morgan fingerprint density at radius 2 is 1.94 bits per heavy atom. The molecule has 3 rings (SSSR count). The Kier molecular flexibility index (Phi) is 8.11. The Morgan fingerprint density at radius 1 is 1.21 bits per heavy atom. The van der Waals surface area contributed by atoms with Crippen molar-refractivity contribution in [1.29, 1.82) is 0 Å². The number of hydrogen-bond donors (Lipinski definition) is 1. The number of amides is 2. The number of aromatic nitrogens is 2. The van der Waals surface area contributed by atoms with E-state index in [2.05, 4.69) is 60.3 Å². The molecule has 0 aliphatic carbocycles. The second kappa shape index (κ2) is 11.0. The molecule has 174 valence electrons. The lowest BCUT2D eigenvalue weighted by Crippen LogP contribution is -2.37. The van der Waals surface area contributed by atoms with E-state index in [0.29, 0.717) is 37.4 Å². The Labute approximate surface area is 194 Å². The molecule has 33 heavy (non-hydrogen) atoms. The maximum atomic E-state index is 12.7. The van der Waals surface area contributed by atoms with Gasteiger partial charge in [0.15, 0.2) is 11.2 Å². The molecule has 1 unspecified atom stereocenters. The molecule has 3 aromatic rings. The largest absolute Gasteiger partial charge is 0.376 e. The van der Waals surface area contributed by atoms with Crippen molar-refractivity contribution in [3.05, 3.63) is 70.3 Å². The van der Waals surface area contributed by atoms with E-state index in [1.54, 1.807) is 0 Å². The third-order valence-electron chi connectivity index (χ3n) is 5.65. The SMILES string of the molecule is CCOC(Cc1ccc(C)cc1)Cn1c(=NC=O)c(C(=O)NC)nc2cc(C(C)C)ccc21. The molecule has 0 fully saturated rings. The standard InChI is InChI=1S/C26H32N4O3/c1-6-33-21(13-19-9-7-18(4)8-10-19)15-30-23-12-11-20(17(2)3)14-22(23)29-24(26(32)27-5)25(30)28-16-31/h7-12,14,16-17,21H,6,13,15H2,1-5H3,(H,27,32). The molecule has 0 spiro atoms. The summed E-state index contributed by atoms with van der Waals surface area (Å²) in [6.45, 7) is 9.19. The second-order valence-electron chi connectivity index (χ2n) is 8.38. The van der Waals surface area contributed by atoms with E-state index in [-0.39, 0.29) is 17.3 Å². The summed E-state index contributed by atoms with van der Waals surface area (Å²) in [6.07, 6.45) is 0.950. The highest BCUT2D eigenvalue weighted by molar-refractivity contribution is 5.93. The maximum Gasteiger partial charge on any atom is 0.273 e. The van der Waals surface area contributed by atoms with E-state index in [1.807, 2.05) is 29.7 Å². The van der Waals surface area contributed by atoms with Crippen LogP contribution in [0.5, 0.6) is 0 Å². The fraction of sp³-hybridized carbons (Fsp3) is 0.385. The normalized spacial score (nSPS) is 12.8. The first-order chi connectivity index (χ1) is 15.9. The molecule has 7 heteroatoms. The summed E-state index contributed by atoms with van der Waals surface area (Å²) >= 11 is 0. The van der Waals surface area contributed by atoms with Gasteiger partial charge in [0.2, 0.25) is 6.41 Å². The lowest BCUT2D eigenvalue weighted by atomic mass is 10.0. The van der Waals surface area contributed by atoms with Gasteiger partial charge < -0.3 is 14.6 Å². The van der Waals surface area contributed by atoms with E-state index in [4.69, 9.17) is 4.74 Å². The van der Waals surface area contributed by atoms with Crippen LogP contribution in [0.15, 0.2) is 47.5 Å². The monoisotopic (exact) mass is 448 g/mol. The smallest absolute Gasteiger partial charge is 0.273 e. The molecule has 0 aliphatic heterocycles. The third kappa shape index (κ3) is 5.73. The second-order valence-corrected chi connectivity index (χ2v) is 8.38. The fourth-order valence-corrected chi connectivity index (χ4v) is 3.87. The van der Waals surface area contributed by atoms with Crippen LogP contribution < -0.4 is 10.8 Å². The number of rotatable bonds is 9. The van der Waals surface area contributed by atoms with Crippen LogP contribution in [0.4, 0.5) is 0 Å². The Bertz CT molecular complexity index is 1200. The van der Waals surface area contributed by atoms with Gasteiger partial charge in [-0.15, -0.1) is 0 Å². The molecule has 7 nitrogen and oxygen atoms in total. The molecule has 1 atom stereocenters. The van der Waals surface area contributed by atoms with Crippen molar-refractivity contribution in [2.24, 2.45) is 4.99 Å². The van der Waals surface area contributed by atoms with Crippen LogP contribution in [0, 0.1) is 6.92 Å². The summed E-state index contributed by atoms with van der Waals surface area (Å²) in [5.74, 6) is -0.0853. The van der Waals surface area contributed by atoms with Gasteiger partial charge in [-0.1, -0.05) is 49.7 Å². The lowest BCUT2D eigenvalue weighted by Gasteiger charge is -2.22. The number of fused-ring (bicyclic) bond motifs is 1. The average Bonchev–Trinajstić information content (AvgIpc) is 2.81. The minimum atomic E-state index is -0.396. The van der Waals surface area contributed by atoms with Crippen LogP contribution >= 0.6 is 0 Å². The molecule has 2 aromatic carbocycles. The molecule has 1 heterocycles. The zero-order chi connectivity index (χ0) is 24.0. The molecule has 2 amide bonds. The summed E-state index contributed by atoms with van der Waals surface area (Å²) in [7, 11) is 1.54. The van der Waals surface area contributed by atoms with E-state index < -0.39 is 5.91 Å². The number of nitrogens with one attached hydrogen (secondary N) is 1. The summed E-state index contributed by atoms with van der Waals surface area (Å²) in [5.41, 5.74) is 5.28. The minimum absolute atomic E-state index is 0.114. The molecule has 0 aliphatic rings. The van der Waals surface area contributed by atoms with Crippen molar-refractivity contribution in [1.82, 2.24) is 14.9 Å². The number of hydrogen-bond acceptors (Lipinski definition) is 4. The zero-order valence-electron chi connectivity index (χ0n) is 20.0. The van der Waals surface area contributed by atoms with E-state index in [9.17, 15) is 9.59 Å². The highest BCUT2D eigenvalue weighted by Gasteiger charge is 2.19. The third-order valence-corrected chi connectivity index (χ3v) is 5.65. The highest BCUT2D eigenvalue weighted by Crippen LogP contribution is 2.21. The van der Waals surface area contributed by atoms with Crippen LogP contribution in [-0.4, -0.2) is 41.6 Å². The van der Waals surface area contributed by atoms with Crippen molar-refractivity contribution in [2.75, 3.05) is 13.7 Å². The molecule has 0 radical (unpaired) electrons. The zero-order valence-corrected chi connectivity index (χ0v) is 20.0. The molecule has 1 N–H and O–H groups in total. The van der Waals surface area contributed by atoms with Crippen LogP contribution in [0.3, 0.4) is 0 Å².